The van der Waals surface area contributed by atoms with Gasteiger partial charge >= 0.3 is 0 Å². The van der Waals surface area contributed by atoms with Crippen LogP contribution < -0.4 is 5.32 Å². The number of ether oxygens (including phenoxy) is 1. The van der Waals surface area contributed by atoms with Crippen molar-refractivity contribution >= 4 is 5.91 Å². The minimum absolute atomic E-state index is 0.230. The van der Waals surface area contributed by atoms with Crippen LogP contribution in [0.1, 0.15) is 15.9 Å². The second-order valence-electron chi connectivity index (χ2n) is 3.13. The number of amides is 1. The van der Waals surface area contributed by atoms with Gasteiger partial charge in [-0.15, -0.1) is 0 Å². The molecule has 17 heavy (non-hydrogen) atoms. The summed E-state index contributed by atoms with van der Waals surface area (Å²) < 4.78 is 4.84. The van der Waals surface area contributed by atoms with E-state index in [0.29, 0.717) is 24.3 Å². The molecule has 0 aliphatic heterocycles. The number of carbonyl (C=O) groups excluding carboxylic acids is 1. The van der Waals surface area contributed by atoms with E-state index in [0.717, 1.165) is 0 Å². The first-order valence-electron chi connectivity index (χ1n) is 5.10. The number of nitrogens with zero attached hydrogens (tertiary/aromatic N) is 1. The summed E-state index contributed by atoms with van der Waals surface area (Å²) in [5.74, 6) is 4.94. The molecule has 0 aliphatic rings. The Morgan fingerprint density at radius 2 is 2.47 bits per heavy atom. The fraction of sp³-hybridized carbons (Fsp3) is 0.333. The number of aliphatic hydroxyl groups excluding tert-OH is 1. The van der Waals surface area contributed by atoms with E-state index in [4.69, 9.17) is 9.84 Å². The lowest BCUT2D eigenvalue weighted by molar-refractivity contribution is 0.0936. The first kappa shape index (κ1) is 13.2. The molecular weight excluding hydrogens is 220 g/mol. The van der Waals surface area contributed by atoms with E-state index in [1.54, 1.807) is 13.2 Å². The van der Waals surface area contributed by atoms with Crippen molar-refractivity contribution in [1.29, 1.82) is 0 Å². The largest absolute Gasteiger partial charge is 0.384 e. The molecule has 0 spiro atoms. The number of methoxy groups -OCH3 is 1. The highest BCUT2D eigenvalue weighted by Crippen LogP contribution is 2.04. The lowest BCUT2D eigenvalue weighted by Crippen LogP contribution is -2.27. The quantitative estimate of drug-likeness (QED) is 0.559. The first-order chi connectivity index (χ1) is 8.29. The number of carbonyl (C=O) groups is 1. The van der Waals surface area contributed by atoms with Crippen LogP contribution in [-0.2, 0) is 4.74 Å². The zero-order valence-corrected chi connectivity index (χ0v) is 9.56. The number of aromatic nitrogens is 1. The van der Waals surface area contributed by atoms with Gasteiger partial charge in [-0.25, -0.2) is 0 Å². The molecule has 0 fully saturated rings. The van der Waals surface area contributed by atoms with Crippen molar-refractivity contribution in [2.75, 3.05) is 26.9 Å². The van der Waals surface area contributed by atoms with Gasteiger partial charge < -0.3 is 15.2 Å². The van der Waals surface area contributed by atoms with E-state index in [2.05, 4.69) is 22.1 Å². The summed E-state index contributed by atoms with van der Waals surface area (Å²) in [4.78, 5) is 15.7. The Morgan fingerprint density at radius 1 is 1.65 bits per heavy atom. The molecule has 1 aromatic heterocycles. The highest BCUT2D eigenvalue weighted by atomic mass is 16.5. The van der Waals surface area contributed by atoms with Crippen molar-refractivity contribution in [2.45, 2.75) is 0 Å². The van der Waals surface area contributed by atoms with Crippen molar-refractivity contribution < 1.29 is 14.6 Å². The highest BCUT2D eigenvalue weighted by molar-refractivity contribution is 5.96. The molecule has 0 bridgehead atoms. The van der Waals surface area contributed by atoms with Gasteiger partial charge in [0.25, 0.3) is 5.91 Å². The smallest absolute Gasteiger partial charge is 0.252 e. The van der Waals surface area contributed by atoms with Crippen LogP contribution >= 0.6 is 0 Å². The number of aliphatic hydroxyl groups is 1. The van der Waals surface area contributed by atoms with Crippen molar-refractivity contribution in [3.05, 3.63) is 29.6 Å². The Morgan fingerprint density at radius 3 is 3.18 bits per heavy atom. The maximum atomic E-state index is 11.8. The standard InChI is InChI=1S/C12H14N2O3/c1-17-8-6-14-12(16)11-4-5-13-9-10(11)3-2-7-15/h4-5,9,15H,6-8H2,1H3,(H,14,16). The summed E-state index contributed by atoms with van der Waals surface area (Å²) in [5, 5.41) is 11.3. The predicted molar refractivity (Wildman–Crippen MR) is 62.4 cm³/mol. The third-order valence-corrected chi connectivity index (χ3v) is 1.96. The molecule has 0 aromatic carbocycles. The number of hydrogen-bond donors (Lipinski definition) is 2. The summed E-state index contributed by atoms with van der Waals surface area (Å²) in [6.07, 6.45) is 3.02. The van der Waals surface area contributed by atoms with Gasteiger partial charge in [0.2, 0.25) is 0 Å². The topological polar surface area (TPSA) is 71.5 Å². The van der Waals surface area contributed by atoms with Crippen LogP contribution in [0.4, 0.5) is 0 Å². The van der Waals surface area contributed by atoms with Gasteiger partial charge in [0.05, 0.1) is 17.7 Å². The summed E-state index contributed by atoms with van der Waals surface area (Å²) in [7, 11) is 1.57. The Labute approximate surface area is 99.8 Å². The monoisotopic (exact) mass is 234 g/mol. The zero-order chi connectivity index (χ0) is 12.5. The van der Waals surface area contributed by atoms with E-state index in [-0.39, 0.29) is 12.5 Å². The fourth-order valence-corrected chi connectivity index (χ4v) is 1.19. The van der Waals surface area contributed by atoms with Gasteiger partial charge in [-0.3, -0.25) is 9.78 Å². The van der Waals surface area contributed by atoms with Crippen LogP contribution in [0, 0.1) is 11.8 Å². The molecule has 1 rings (SSSR count). The van der Waals surface area contributed by atoms with Crippen molar-refractivity contribution in [3.63, 3.8) is 0 Å². The van der Waals surface area contributed by atoms with Gasteiger partial charge in [-0.05, 0) is 6.07 Å². The van der Waals surface area contributed by atoms with Crippen molar-refractivity contribution in [3.8, 4) is 11.8 Å². The average Bonchev–Trinajstić information content (AvgIpc) is 2.37. The lowest BCUT2D eigenvalue weighted by atomic mass is 10.1. The first-order valence-corrected chi connectivity index (χ1v) is 5.10. The molecule has 2 N–H and O–H groups in total. The highest BCUT2D eigenvalue weighted by Gasteiger charge is 2.08. The minimum atomic E-state index is -0.250. The number of hydrogen-bond acceptors (Lipinski definition) is 4. The summed E-state index contributed by atoms with van der Waals surface area (Å²) >= 11 is 0. The van der Waals surface area contributed by atoms with Gasteiger partial charge in [-0.1, -0.05) is 11.8 Å². The molecule has 0 aliphatic carbocycles. The second kappa shape index (κ2) is 7.39. The summed E-state index contributed by atoms with van der Waals surface area (Å²) in [5.41, 5.74) is 0.938. The van der Waals surface area contributed by atoms with Gasteiger partial charge in [-0.2, -0.15) is 0 Å². The summed E-state index contributed by atoms with van der Waals surface area (Å²) in [6.45, 7) is 0.638. The molecule has 5 heteroatoms. The van der Waals surface area contributed by atoms with Crippen LogP contribution in [0.5, 0.6) is 0 Å². The van der Waals surface area contributed by atoms with E-state index < -0.39 is 0 Å². The Kier molecular flexibility index (Phi) is 5.72. The van der Waals surface area contributed by atoms with Crippen molar-refractivity contribution in [1.82, 2.24) is 10.3 Å². The van der Waals surface area contributed by atoms with Crippen LogP contribution in [0.2, 0.25) is 0 Å². The maximum absolute atomic E-state index is 11.8. The Bertz CT molecular complexity index is 435. The van der Waals surface area contributed by atoms with Crippen molar-refractivity contribution in [2.24, 2.45) is 0 Å². The van der Waals surface area contributed by atoms with Gasteiger partial charge in [0.1, 0.15) is 6.61 Å². The number of rotatable bonds is 4. The lowest BCUT2D eigenvalue weighted by Gasteiger charge is -2.05. The average molecular weight is 234 g/mol. The molecular formula is C12H14N2O3. The van der Waals surface area contributed by atoms with Crippen LogP contribution in [0.25, 0.3) is 0 Å². The molecule has 0 saturated heterocycles. The molecule has 1 amide bonds. The molecule has 0 atom stereocenters. The van der Waals surface area contributed by atoms with Gasteiger partial charge in [0, 0.05) is 26.0 Å². The number of pyridine rings is 1. The molecule has 5 nitrogen and oxygen atoms in total. The molecule has 0 saturated carbocycles. The SMILES string of the molecule is COCCNC(=O)c1ccncc1C#CCO. The van der Waals surface area contributed by atoms with E-state index >= 15 is 0 Å². The zero-order valence-electron chi connectivity index (χ0n) is 9.56. The second-order valence-corrected chi connectivity index (χ2v) is 3.13. The fourth-order valence-electron chi connectivity index (χ4n) is 1.19. The Balaban J connectivity index is 2.78. The third-order valence-electron chi connectivity index (χ3n) is 1.96. The van der Waals surface area contributed by atoms with E-state index in [9.17, 15) is 4.79 Å². The Hall–Kier alpha value is -1.90. The molecule has 0 unspecified atom stereocenters. The van der Waals surface area contributed by atoms with Gasteiger partial charge in [0.15, 0.2) is 0 Å². The minimum Gasteiger partial charge on any atom is -0.384 e. The summed E-state index contributed by atoms with van der Waals surface area (Å²) in [6, 6.07) is 1.59. The molecule has 1 heterocycles. The number of nitrogens with one attached hydrogen (secondary N) is 1. The molecule has 0 radical (unpaired) electrons. The van der Waals surface area contributed by atoms with E-state index in [1.807, 2.05) is 0 Å². The van der Waals surface area contributed by atoms with Crippen LogP contribution in [-0.4, -0.2) is 42.9 Å². The third kappa shape index (κ3) is 4.23. The molecule has 1 aromatic rings. The predicted octanol–water partition coefficient (Wildman–Crippen LogP) is -0.198. The van der Waals surface area contributed by atoms with Crippen LogP contribution in [0.15, 0.2) is 18.5 Å². The van der Waals surface area contributed by atoms with E-state index in [1.165, 1.54) is 12.4 Å². The molecule has 90 valence electrons. The van der Waals surface area contributed by atoms with Crippen LogP contribution in [0.3, 0.4) is 0 Å². The normalized spacial score (nSPS) is 9.29. The maximum Gasteiger partial charge on any atom is 0.252 e.